The molecule has 33 heavy (non-hydrogen) atoms. The maximum absolute atomic E-state index is 13.0. The van der Waals surface area contributed by atoms with Crippen molar-refractivity contribution in [3.63, 3.8) is 0 Å². The van der Waals surface area contributed by atoms with Gasteiger partial charge >= 0.3 is 5.97 Å². The van der Waals surface area contributed by atoms with Gasteiger partial charge in [-0.3, -0.25) is 0 Å². The Hall–Kier alpha value is -3.11. The van der Waals surface area contributed by atoms with Crippen molar-refractivity contribution in [2.75, 3.05) is 26.2 Å². The van der Waals surface area contributed by atoms with E-state index >= 15 is 0 Å². The van der Waals surface area contributed by atoms with E-state index in [4.69, 9.17) is 14.7 Å². The van der Waals surface area contributed by atoms with Gasteiger partial charge in [-0.05, 0) is 24.3 Å². The SMILES string of the molecule is O=C(O)C(O)C(O[N+]12CCC(C1)C(c1nsnc1OCC#Cc1ccc(F)cc1)C2)C(=O)[O-]. The third kappa shape index (κ3) is 4.96. The number of hydrogen-bond donors (Lipinski definition) is 2. The summed E-state index contributed by atoms with van der Waals surface area (Å²) in [5.41, 5.74) is 1.26. The van der Waals surface area contributed by atoms with Crippen molar-refractivity contribution in [3.05, 3.63) is 41.3 Å². The first kappa shape index (κ1) is 23.1. The molecule has 0 spiro atoms. The molecule has 5 unspecified atom stereocenters. The molecule has 3 heterocycles. The van der Waals surface area contributed by atoms with Gasteiger partial charge in [0, 0.05) is 17.9 Å². The number of rotatable bonds is 8. The quantitative estimate of drug-likeness (QED) is 0.381. The van der Waals surface area contributed by atoms with Crippen LogP contribution in [0, 0.1) is 23.6 Å². The number of hydrogen-bond acceptors (Lipinski definition) is 9. The number of benzene rings is 1. The number of aliphatic hydroxyl groups is 1. The molecule has 0 saturated carbocycles. The van der Waals surface area contributed by atoms with Gasteiger partial charge in [-0.1, -0.05) is 11.8 Å². The van der Waals surface area contributed by atoms with E-state index < -0.39 is 24.1 Å². The molecule has 4 rings (SSSR count). The molecule has 5 atom stereocenters. The second-order valence-corrected chi connectivity index (χ2v) is 8.51. The number of piperidine rings is 1. The Morgan fingerprint density at radius 3 is 2.76 bits per heavy atom. The van der Waals surface area contributed by atoms with E-state index in [2.05, 4.69) is 20.6 Å². The predicted molar refractivity (Wildman–Crippen MR) is 108 cm³/mol. The van der Waals surface area contributed by atoms with Crippen LogP contribution in [0.3, 0.4) is 0 Å². The molecule has 2 aliphatic heterocycles. The number of aliphatic hydroxyl groups excluding tert-OH is 1. The van der Waals surface area contributed by atoms with Crippen LogP contribution in [0.25, 0.3) is 0 Å². The van der Waals surface area contributed by atoms with Gasteiger partial charge in [0.2, 0.25) is 0 Å². The van der Waals surface area contributed by atoms with Gasteiger partial charge in [0.1, 0.15) is 31.1 Å². The van der Waals surface area contributed by atoms with Crippen molar-refractivity contribution in [2.45, 2.75) is 24.5 Å². The number of carboxylic acids is 2. The van der Waals surface area contributed by atoms with Gasteiger partial charge in [-0.2, -0.15) is 13.9 Å². The van der Waals surface area contributed by atoms with Gasteiger partial charge in [-0.15, -0.1) is 4.37 Å². The molecule has 1 aromatic carbocycles. The summed E-state index contributed by atoms with van der Waals surface area (Å²) < 4.78 is 27.1. The third-order valence-electron chi connectivity index (χ3n) is 5.87. The highest BCUT2D eigenvalue weighted by Gasteiger charge is 2.57. The Labute approximate surface area is 192 Å². The highest BCUT2D eigenvalue weighted by Crippen LogP contribution is 2.47. The van der Waals surface area contributed by atoms with Crippen LogP contribution in [0.2, 0.25) is 0 Å². The lowest BCUT2D eigenvalue weighted by Crippen LogP contribution is -2.57. The zero-order chi connectivity index (χ0) is 23.6. The molecule has 2 fully saturated rings. The monoisotopic (exact) mass is 477 g/mol. The fraction of sp³-hybridized carbons (Fsp3) is 0.429. The van der Waals surface area contributed by atoms with E-state index in [0.29, 0.717) is 43.2 Å². The molecule has 2 N–H and O–H groups in total. The predicted octanol–water partition coefficient (Wildman–Crippen LogP) is -0.463. The number of halogens is 1. The van der Waals surface area contributed by atoms with E-state index in [1.54, 1.807) is 12.1 Å². The first-order valence-electron chi connectivity index (χ1n) is 10.1. The Kier molecular flexibility index (Phi) is 6.57. The number of ether oxygens (including phenoxy) is 1. The normalized spacial score (nSPS) is 25.2. The maximum Gasteiger partial charge on any atom is 0.335 e. The van der Waals surface area contributed by atoms with Crippen LogP contribution in [0.4, 0.5) is 4.39 Å². The summed E-state index contributed by atoms with van der Waals surface area (Å²) in [5.74, 6) is 2.16. The number of carboxylic acid groups (broad SMARTS) is 2. The van der Waals surface area contributed by atoms with Gasteiger partial charge in [0.25, 0.3) is 5.88 Å². The summed E-state index contributed by atoms with van der Waals surface area (Å²) >= 11 is 0.979. The summed E-state index contributed by atoms with van der Waals surface area (Å²) in [7, 11) is 0. The molecule has 0 aliphatic carbocycles. The second-order valence-electron chi connectivity index (χ2n) is 7.98. The van der Waals surface area contributed by atoms with Crippen molar-refractivity contribution >= 4 is 23.7 Å². The van der Waals surface area contributed by atoms with Crippen LogP contribution in [-0.4, -0.2) is 74.0 Å². The standard InChI is InChI=1S/C21H20FN3O7S/c22-14-5-3-12(4-6-14)2-1-9-31-19-16(23-33-24-19)15-11-25(8-7-13(15)10-25)32-18(21(29)30)17(26)20(27)28/h3-6,13,15,17-18,26H,7-11H2,(H-,27,28,29,30). The van der Waals surface area contributed by atoms with Gasteiger partial charge in [-0.25, -0.2) is 9.18 Å². The Balaban J connectivity index is 1.42. The molecule has 0 amide bonds. The number of fused-ring (bicyclic) bond motifs is 2. The minimum Gasteiger partial charge on any atom is -0.547 e. The minimum atomic E-state index is -2.24. The fourth-order valence-electron chi connectivity index (χ4n) is 4.35. The molecule has 1 aromatic heterocycles. The van der Waals surface area contributed by atoms with Crippen molar-refractivity contribution < 1.29 is 43.5 Å². The van der Waals surface area contributed by atoms with Crippen LogP contribution in [0.15, 0.2) is 24.3 Å². The molecular weight excluding hydrogens is 457 g/mol. The molecule has 12 heteroatoms. The number of carbonyl (C=O) groups excluding carboxylic acids is 1. The third-order valence-corrected chi connectivity index (χ3v) is 6.40. The number of carbonyl (C=O) groups is 2. The average molecular weight is 477 g/mol. The molecule has 2 aromatic rings. The lowest BCUT2D eigenvalue weighted by atomic mass is 9.90. The minimum absolute atomic E-state index is 0.0429. The maximum atomic E-state index is 13.0. The number of quaternary nitrogens is 1. The van der Waals surface area contributed by atoms with E-state index in [9.17, 15) is 24.2 Å². The number of aliphatic carboxylic acids is 2. The smallest absolute Gasteiger partial charge is 0.335 e. The van der Waals surface area contributed by atoms with Crippen LogP contribution in [-0.2, 0) is 14.4 Å². The first-order valence-corrected chi connectivity index (χ1v) is 10.9. The van der Waals surface area contributed by atoms with Crippen molar-refractivity contribution in [2.24, 2.45) is 5.92 Å². The zero-order valence-corrected chi connectivity index (χ0v) is 18.0. The molecule has 0 radical (unpaired) electrons. The fourth-order valence-corrected chi connectivity index (χ4v) is 4.91. The molecule has 2 aliphatic rings. The van der Waals surface area contributed by atoms with Crippen LogP contribution in [0.1, 0.15) is 23.6 Å². The zero-order valence-electron chi connectivity index (χ0n) is 17.2. The molecule has 2 saturated heterocycles. The highest BCUT2D eigenvalue weighted by atomic mass is 32.1. The molecule has 2 bridgehead atoms. The Morgan fingerprint density at radius 2 is 2.06 bits per heavy atom. The molecule has 174 valence electrons. The van der Waals surface area contributed by atoms with Gasteiger partial charge in [0.15, 0.2) is 18.8 Å². The van der Waals surface area contributed by atoms with E-state index in [1.807, 2.05) is 0 Å². The van der Waals surface area contributed by atoms with Gasteiger partial charge < -0.3 is 24.9 Å². The van der Waals surface area contributed by atoms with E-state index in [0.717, 1.165) is 11.7 Å². The largest absolute Gasteiger partial charge is 0.547 e. The van der Waals surface area contributed by atoms with Gasteiger partial charge in [0.05, 0.1) is 23.6 Å². The topological polar surface area (TPSA) is 142 Å². The van der Waals surface area contributed by atoms with Crippen LogP contribution < -0.4 is 9.84 Å². The average Bonchev–Trinajstić information content (AvgIpc) is 3.50. The summed E-state index contributed by atoms with van der Waals surface area (Å²) in [6.07, 6.45) is -3.53. The number of aromatic nitrogens is 2. The van der Waals surface area contributed by atoms with Crippen LogP contribution >= 0.6 is 11.7 Å². The number of nitrogens with zero attached hydrogens (tertiary/aromatic N) is 3. The molecule has 10 nitrogen and oxygen atoms in total. The summed E-state index contributed by atoms with van der Waals surface area (Å²) in [4.78, 5) is 28.1. The first-order chi connectivity index (χ1) is 15.8. The summed E-state index contributed by atoms with van der Waals surface area (Å²) in [6, 6.07) is 5.76. The lowest BCUT2D eigenvalue weighted by Gasteiger charge is -2.34. The number of hydroxylamine groups is 3. The highest BCUT2D eigenvalue weighted by molar-refractivity contribution is 6.99. The molecular formula is C21H20FN3O7S. The Morgan fingerprint density at radius 1 is 1.30 bits per heavy atom. The summed E-state index contributed by atoms with van der Waals surface area (Å²) in [6.45, 7) is 1.31. The van der Waals surface area contributed by atoms with Crippen LogP contribution in [0.5, 0.6) is 5.88 Å². The van der Waals surface area contributed by atoms with Crippen molar-refractivity contribution in [1.82, 2.24) is 8.75 Å². The van der Waals surface area contributed by atoms with Crippen molar-refractivity contribution in [3.8, 4) is 17.7 Å². The Bertz CT molecular complexity index is 1100. The second kappa shape index (κ2) is 9.40. The summed E-state index contributed by atoms with van der Waals surface area (Å²) in [5, 5.41) is 30.1. The van der Waals surface area contributed by atoms with E-state index in [-0.39, 0.29) is 28.9 Å². The van der Waals surface area contributed by atoms with Crippen molar-refractivity contribution in [1.29, 1.82) is 0 Å². The van der Waals surface area contributed by atoms with E-state index in [1.165, 1.54) is 12.1 Å². The lowest BCUT2D eigenvalue weighted by molar-refractivity contribution is -1.10.